The largest absolute Gasteiger partial charge is 0.493 e. The van der Waals surface area contributed by atoms with Crippen molar-refractivity contribution in [3.63, 3.8) is 0 Å². The van der Waals surface area contributed by atoms with Gasteiger partial charge in [0.1, 0.15) is 0 Å². The number of ether oxygens (including phenoxy) is 1. The van der Waals surface area contributed by atoms with Gasteiger partial charge in [-0.15, -0.1) is 0 Å². The fourth-order valence-corrected chi connectivity index (χ4v) is 1.89. The first-order chi connectivity index (χ1) is 9.51. The normalized spacial score (nSPS) is 10.3. The SMILES string of the molecule is COC(=O)c1ccc(Cc2c(C)nc(N)nc2O)cc1. The molecule has 0 saturated carbocycles. The highest BCUT2D eigenvalue weighted by Crippen LogP contribution is 2.22. The Labute approximate surface area is 116 Å². The highest BCUT2D eigenvalue weighted by atomic mass is 16.5. The fraction of sp³-hybridized carbons (Fsp3) is 0.214. The van der Waals surface area contributed by atoms with Gasteiger partial charge in [-0.05, 0) is 24.6 Å². The Hall–Kier alpha value is -2.63. The number of carbonyl (C=O) groups is 1. The number of nitrogen functional groups attached to an aromatic ring is 1. The summed E-state index contributed by atoms with van der Waals surface area (Å²) < 4.78 is 4.63. The number of hydrogen-bond donors (Lipinski definition) is 2. The van der Waals surface area contributed by atoms with Crippen LogP contribution < -0.4 is 5.73 Å². The van der Waals surface area contributed by atoms with E-state index in [9.17, 15) is 9.90 Å². The van der Waals surface area contributed by atoms with Crippen LogP contribution in [-0.2, 0) is 11.2 Å². The van der Waals surface area contributed by atoms with Gasteiger partial charge in [-0.25, -0.2) is 9.78 Å². The lowest BCUT2D eigenvalue weighted by Gasteiger charge is -2.08. The molecule has 0 radical (unpaired) electrons. The maximum absolute atomic E-state index is 11.3. The number of hydrogen-bond acceptors (Lipinski definition) is 6. The molecule has 0 saturated heterocycles. The summed E-state index contributed by atoms with van der Waals surface area (Å²) in [4.78, 5) is 19.1. The van der Waals surface area contributed by atoms with E-state index in [-0.39, 0.29) is 17.8 Å². The van der Waals surface area contributed by atoms with Crippen molar-refractivity contribution in [3.8, 4) is 5.88 Å². The van der Waals surface area contributed by atoms with E-state index in [4.69, 9.17) is 5.73 Å². The van der Waals surface area contributed by atoms with Gasteiger partial charge in [0.2, 0.25) is 11.8 Å². The number of aromatic hydroxyl groups is 1. The minimum absolute atomic E-state index is 0.0461. The highest BCUT2D eigenvalue weighted by Gasteiger charge is 2.11. The third-order valence-electron chi connectivity index (χ3n) is 2.97. The number of nitrogens with two attached hydrogens (primary N) is 1. The number of rotatable bonds is 3. The van der Waals surface area contributed by atoms with Crippen LogP contribution in [0.1, 0.15) is 27.2 Å². The molecule has 0 fully saturated rings. The predicted molar refractivity (Wildman–Crippen MR) is 73.4 cm³/mol. The molecule has 0 aliphatic rings. The van der Waals surface area contributed by atoms with Crippen LogP contribution in [0.4, 0.5) is 5.95 Å². The zero-order chi connectivity index (χ0) is 14.7. The van der Waals surface area contributed by atoms with Gasteiger partial charge in [0.25, 0.3) is 0 Å². The molecule has 104 valence electrons. The summed E-state index contributed by atoms with van der Waals surface area (Å²) >= 11 is 0. The maximum atomic E-state index is 11.3. The first-order valence-electron chi connectivity index (χ1n) is 6.00. The van der Waals surface area contributed by atoms with Gasteiger partial charge in [0.15, 0.2) is 0 Å². The molecule has 3 N–H and O–H groups in total. The lowest BCUT2D eigenvalue weighted by atomic mass is 10.0. The molecule has 0 unspecified atom stereocenters. The maximum Gasteiger partial charge on any atom is 0.337 e. The van der Waals surface area contributed by atoms with E-state index in [1.165, 1.54) is 7.11 Å². The van der Waals surface area contributed by atoms with Gasteiger partial charge in [-0.1, -0.05) is 12.1 Å². The van der Waals surface area contributed by atoms with Gasteiger partial charge in [-0.2, -0.15) is 4.98 Å². The van der Waals surface area contributed by atoms with Gasteiger partial charge in [-0.3, -0.25) is 0 Å². The minimum Gasteiger partial charge on any atom is -0.493 e. The molecule has 0 spiro atoms. The van der Waals surface area contributed by atoms with E-state index in [1.54, 1.807) is 31.2 Å². The average molecular weight is 273 g/mol. The van der Waals surface area contributed by atoms with Crippen LogP contribution in [0.2, 0.25) is 0 Å². The second-order valence-corrected chi connectivity index (χ2v) is 4.33. The summed E-state index contributed by atoms with van der Waals surface area (Å²) in [6.07, 6.45) is 0.458. The monoisotopic (exact) mass is 273 g/mol. The Balaban J connectivity index is 2.25. The Morgan fingerprint density at radius 3 is 2.50 bits per heavy atom. The minimum atomic E-state index is -0.383. The van der Waals surface area contributed by atoms with Crippen LogP contribution in [0.15, 0.2) is 24.3 Å². The smallest absolute Gasteiger partial charge is 0.337 e. The van der Waals surface area contributed by atoms with Crippen LogP contribution in [0.5, 0.6) is 5.88 Å². The number of nitrogens with zero attached hydrogens (tertiary/aromatic N) is 2. The molecule has 0 bridgehead atoms. The lowest BCUT2D eigenvalue weighted by Crippen LogP contribution is -2.03. The molecule has 0 amide bonds. The summed E-state index contributed by atoms with van der Waals surface area (Å²) in [7, 11) is 1.34. The van der Waals surface area contributed by atoms with Crippen molar-refractivity contribution in [2.45, 2.75) is 13.3 Å². The first kappa shape index (κ1) is 13.8. The van der Waals surface area contributed by atoms with E-state index < -0.39 is 0 Å². The summed E-state index contributed by atoms with van der Waals surface area (Å²) in [6.45, 7) is 1.76. The zero-order valence-electron chi connectivity index (χ0n) is 11.3. The molecule has 1 aromatic heterocycles. The molecule has 1 aromatic carbocycles. The molecule has 2 aromatic rings. The molecular formula is C14H15N3O3. The van der Waals surface area contributed by atoms with Crippen molar-refractivity contribution in [1.29, 1.82) is 0 Å². The van der Waals surface area contributed by atoms with Crippen molar-refractivity contribution in [2.24, 2.45) is 0 Å². The summed E-state index contributed by atoms with van der Waals surface area (Å²) in [6, 6.07) is 6.93. The standard InChI is InChI=1S/C14H15N3O3/c1-8-11(12(18)17-14(15)16-8)7-9-3-5-10(6-4-9)13(19)20-2/h3-6H,7H2,1-2H3,(H3,15,16,17,18). The molecule has 20 heavy (non-hydrogen) atoms. The summed E-state index contributed by atoms with van der Waals surface area (Å²) in [5.41, 5.74) is 8.10. The zero-order valence-corrected chi connectivity index (χ0v) is 11.3. The summed E-state index contributed by atoms with van der Waals surface area (Å²) in [5, 5.41) is 9.81. The number of aromatic nitrogens is 2. The van der Waals surface area contributed by atoms with Crippen molar-refractivity contribution in [3.05, 3.63) is 46.6 Å². The third kappa shape index (κ3) is 2.85. The molecule has 1 heterocycles. The molecule has 0 atom stereocenters. The van der Waals surface area contributed by atoms with Crippen molar-refractivity contribution in [2.75, 3.05) is 12.8 Å². The molecule has 2 rings (SSSR count). The van der Waals surface area contributed by atoms with Crippen LogP contribution in [0, 0.1) is 6.92 Å². The van der Waals surface area contributed by atoms with Crippen LogP contribution in [0.3, 0.4) is 0 Å². The average Bonchev–Trinajstić information content (AvgIpc) is 2.42. The topological polar surface area (TPSA) is 98.3 Å². The number of anilines is 1. The van der Waals surface area contributed by atoms with E-state index in [0.717, 1.165) is 5.56 Å². The molecule has 6 nitrogen and oxygen atoms in total. The predicted octanol–water partition coefficient (Wildman–Crippen LogP) is 1.45. The van der Waals surface area contributed by atoms with Gasteiger partial charge >= 0.3 is 5.97 Å². The number of methoxy groups -OCH3 is 1. The molecule has 0 aliphatic carbocycles. The van der Waals surface area contributed by atoms with E-state index in [2.05, 4.69) is 14.7 Å². The van der Waals surface area contributed by atoms with Gasteiger partial charge in [0, 0.05) is 12.0 Å². The Morgan fingerprint density at radius 1 is 1.30 bits per heavy atom. The molecular weight excluding hydrogens is 258 g/mol. The third-order valence-corrected chi connectivity index (χ3v) is 2.97. The second kappa shape index (κ2) is 5.56. The van der Waals surface area contributed by atoms with Gasteiger partial charge in [0.05, 0.1) is 18.4 Å². The summed E-state index contributed by atoms with van der Waals surface area (Å²) in [5.74, 6) is -0.455. The van der Waals surface area contributed by atoms with Crippen LogP contribution >= 0.6 is 0 Å². The number of carbonyl (C=O) groups excluding carboxylic acids is 1. The molecule has 6 heteroatoms. The van der Waals surface area contributed by atoms with Crippen molar-refractivity contribution >= 4 is 11.9 Å². The number of benzene rings is 1. The van der Waals surface area contributed by atoms with Crippen LogP contribution in [-0.4, -0.2) is 28.2 Å². The number of esters is 1. The Morgan fingerprint density at radius 2 is 1.95 bits per heavy atom. The Kier molecular flexibility index (Phi) is 3.84. The van der Waals surface area contributed by atoms with Crippen molar-refractivity contribution in [1.82, 2.24) is 9.97 Å². The van der Waals surface area contributed by atoms with E-state index >= 15 is 0 Å². The fourth-order valence-electron chi connectivity index (χ4n) is 1.89. The highest BCUT2D eigenvalue weighted by molar-refractivity contribution is 5.89. The lowest BCUT2D eigenvalue weighted by molar-refractivity contribution is 0.0600. The second-order valence-electron chi connectivity index (χ2n) is 4.33. The van der Waals surface area contributed by atoms with E-state index in [1.807, 2.05) is 0 Å². The molecule has 0 aliphatic heterocycles. The quantitative estimate of drug-likeness (QED) is 0.821. The Bertz CT molecular complexity index is 616. The van der Waals surface area contributed by atoms with Crippen molar-refractivity contribution < 1.29 is 14.6 Å². The van der Waals surface area contributed by atoms with Gasteiger partial charge < -0.3 is 15.6 Å². The first-order valence-corrected chi connectivity index (χ1v) is 6.00. The number of aryl methyl sites for hydroxylation is 1. The van der Waals surface area contributed by atoms with Crippen LogP contribution in [0.25, 0.3) is 0 Å². The van der Waals surface area contributed by atoms with E-state index in [0.29, 0.717) is 23.2 Å².